The molecule has 0 bridgehead atoms. The van der Waals surface area contributed by atoms with E-state index in [9.17, 15) is 14.7 Å². The molecule has 0 aromatic heterocycles. The Hall–Kier alpha value is -2.18. The first-order chi connectivity index (χ1) is 9.49. The first-order valence-electron chi connectivity index (χ1n) is 5.99. The third kappa shape index (κ3) is 4.18. The summed E-state index contributed by atoms with van der Waals surface area (Å²) >= 11 is 0. The van der Waals surface area contributed by atoms with E-state index in [2.05, 4.69) is 6.58 Å². The van der Waals surface area contributed by atoms with E-state index >= 15 is 0 Å². The molecule has 6 nitrogen and oxygen atoms in total. The Morgan fingerprint density at radius 2 is 1.75 bits per heavy atom. The third-order valence-corrected chi connectivity index (χ3v) is 2.87. The number of benzene rings is 1. The summed E-state index contributed by atoms with van der Waals surface area (Å²) in [6.45, 7) is 2.33. The van der Waals surface area contributed by atoms with Crippen molar-refractivity contribution < 1.29 is 24.9 Å². The molecule has 6 heteroatoms. The van der Waals surface area contributed by atoms with Gasteiger partial charge in [0.05, 0.1) is 25.7 Å². The quantitative estimate of drug-likeness (QED) is 0.652. The molecule has 108 valence electrons. The molecule has 1 unspecified atom stereocenters. The first kappa shape index (κ1) is 15.9. The van der Waals surface area contributed by atoms with E-state index in [1.165, 1.54) is 4.90 Å². The lowest BCUT2D eigenvalue weighted by atomic mass is 9.99. The maximum absolute atomic E-state index is 10.9. The van der Waals surface area contributed by atoms with Gasteiger partial charge in [-0.1, -0.05) is 36.9 Å². The average Bonchev–Trinajstić information content (AvgIpc) is 2.38. The van der Waals surface area contributed by atoms with Gasteiger partial charge < -0.3 is 15.3 Å². The molecule has 1 aromatic rings. The van der Waals surface area contributed by atoms with E-state index in [1.807, 2.05) is 0 Å². The van der Waals surface area contributed by atoms with Gasteiger partial charge in [0.2, 0.25) is 0 Å². The molecule has 0 spiro atoms. The molecule has 1 aromatic carbocycles. The molecular formula is C14H17NO5. The van der Waals surface area contributed by atoms with Crippen molar-refractivity contribution in [1.82, 2.24) is 4.90 Å². The Labute approximate surface area is 116 Å². The van der Waals surface area contributed by atoms with Gasteiger partial charge in [0.1, 0.15) is 0 Å². The second-order valence-electron chi connectivity index (χ2n) is 4.22. The minimum atomic E-state index is -1.15. The maximum atomic E-state index is 10.9. The Morgan fingerprint density at radius 3 is 2.20 bits per heavy atom. The largest absolute Gasteiger partial charge is 0.480 e. The van der Waals surface area contributed by atoms with E-state index in [1.54, 1.807) is 30.3 Å². The van der Waals surface area contributed by atoms with Crippen molar-refractivity contribution in [2.75, 3.05) is 19.7 Å². The van der Waals surface area contributed by atoms with Crippen LogP contribution in [0.25, 0.3) is 6.08 Å². The molecule has 0 fully saturated rings. The number of hydrogen-bond acceptors (Lipinski definition) is 4. The van der Waals surface area contributed by atoms with Crippen LogP contribution in [0.4, 0.5) is 0 Å². The third-order valence-electron chi connectivity index (χ3n) is 2.87. The highest BCUT2D eigenvalue weighted by Crippen LogP contribution is 2.24. The minimum absolute atomic E-state index is 0.384. The number of nitrogens with zero attached hydrogens (tertiary/aromatic N) is 1. The zero-order valence-electron chi connectivity index (χ0n) is 10.9. The summed E-state index contributed by atoms with van der Waals surface area (Å²) in [7, 11) is 0. The number of aliphatic hydroxyl groups is 1. The lowest BCUT2D eigenvalue weighted by Gasteiger charge is -2.28. The van der Waals surface area contributed by atoms with Gasteiger partial charge in [0.25, 0.3) is 0 Å². The van der Waals surface area contributed by atoms with Crippen LogP contribution in [0, 0.1) is 0 Å². The van der Waals surface area contributed by atoms with Crippen LogP contribution in [0.15, 0.2) is 30.8 Å². The number of hydrogen-bond donors (Lipinski definition) is 3. The predicted octanol–water partition coefficient (Wildman–Crippen LogP) is 0.834. The molecular weight excluding hydrogens is 262 g/mol. The Morgan fingerprint density at radius 1 is 1.20 bits per heavy atom. The van der Waals surface area contributed by atoms with Gasteiger partial charge in [-0.05, 0) is 11.1 Å². The number of carboxylic acid groups (broad SMARTS) is 2. The van der Waals surface area contributed by atoms with Gasteiger partial charge in [-0.3, -0.25) is 14.5 Å². The van der Waals surface area contributed by atoms with Gasteiger partial charge in [0.15, 0.2) is 0 Å². The average molecular weight is 279 g/mol. The van der Waals surface area contributed by atoms with Crippen molar-refractivity contribution >= 4 is 18.0 Å². The van der Waals surface area contributed by atoms with Crippen molar-refractivity contribution in [2.45, 2.75) is 6.04 Å². The fourth-order valence-electron chi connectivity index (χ4n) is 2.03. The van der Waals surface area contributed by atoms with Gasteiger partial charge >= 0.3 is 11.9 Å². The Bertz CT molecular complexity index is 484. The van der Waals surface area contributed by atoms with Crippen LogP contribution >= 0.6 is 0 Å². The summed E-state index contributed by atoms with van der Waals surface area (Å²) in [4.78, 5) is 22.9. The monoisotopic (exact) mass is 279 g/mol. The van der Waals surface area contributed by atoms with E-state index in [0.29, 0.717) is 5.56 Å². The zero-order chi connectivity index (χ0) is 15.1. The lowest BCUT2D eigenvalue weighted by Crippen LogP contribution is -2.39. The second kappa shape index (κ2) is 7.42. The molecule has 0 amide bonds. The molecule has 0 aliphatic heterocycles. The number of aliphatic carboxylic acids is 2. The van der Waals surface area contributed by atoms with Crippen LogP contribution in [0.5, 0.6) is 0 Å². The highest BCUT2D eigenvalue weighted by Gasteiger charge is 2.25. The van der Waals surface area contributed by atoms with Crippen molar-refractivity contribution in [1.29, 1.82) is 0 Å². The molecule has 0 radical (unpaired) electrons. The molecule has 0 aliphatic rings. The van der Waals surface area contributed by atoms with Gasteiger partial charge in [-0.2, -0.15) is 0 Å². The highest BCUT2D eigenvalue weighted by molar-refractivity contribution is 5.73. The van der Waals surface area contributed by atoms with Crippen molar-refractivity contribution in [2.24, 2.45) is 0 Å². The summed E-state index contributed by atoms with van der Waals surface area (Å²) < 4.78 is 0. The fraction of sp³-hybridized carbons (Fsp3) is 0.286. The standard InChI is InChI=1S/C14H17NO5/c1-2-10-5-3-4-6-11(10)12(9-16)15(7-13(17)18)8-14(19)20/h2-6,12,16H,1,7-9H2,(H,17,18)(H,19,20). The van der Waals surface area contributed by atoms with Gasteiger partial charge in [0, 0.05) is 0 Å². The fourth-order valence-corrected chi connectivity index (χ4v) is 2.03. The Kier molecular flexibility index (Phi) is 5.89. The predicted molar refractivity (Wildman–Crippen MR) is 73.2 cm³/mol. The number of carbonyl (C=O) groups is 2. The maximum Gasteiger partial charge on any atom is 0.317 e. The summed E-state index contributed by atoms with van der Waals surface area (Å²) in [5.41, 5.74) is 1.37. The minimum Gasteiger partial charge on any atom is -0.480 e. The van der Waals surface area contributed by atoms with E-state index < -0.39 is 31.1 Å². The van der Waals surface area contributed by atoms with E-state index in [0.717, 1.165) is 5.56 Å². The molecule has 0 aliphatic carbocycles. The van der Waals surface area contributed by atoms with E-state index in [4.69, 9.17) is 10.2 Å². The summed E-state index contributed by atoms with van der Waals surface area (Å²) in [6, 6.07) is 6.30. The Balaban J connectivity index is 3.14. The van der Waals surface area contributed by atoms with Crippen LogP contribution in [0.3, 0.4) is 0 Å². The topological polar surface area (TPSA) is 98.1 Å². The SMILES string of the molecule is C=Cc1ccccc1C(CO)N(CC(=O)O)CC(=O)O. The second-order valence-corrected chi connectivity index (χ2v) is 4.22. The van der Waals surface area contributed by atoms with Gasteiger partial charge in [-0.15, -0.1) is 0 Å². The molecule has 1 rings (SSSR count). The van der Waals surface area contributed by atoms with Crippen molar-refractivity contribution in [3.8, 4) is 0 Å². The van der Waals surface area contributed by atoms with Crippen LogP contribution in [0.1, 0.15) is 17.2 Å². The molecule has 1 atom stereocenters. The van der Waals surface area contributed by atoms with Crippen LogP contribution in [-0.4, -0.2) is 51.9 Å². The van der Waals surface area contributed by atoms with Gasteiger partial charge in [-0.25, -0.2) is 0 Å². The smallest absolute Gasteiger partial charge is 0.317 e. The first-order valence-corrected chi connectivity index (χ1v) is 5.99. The summed E-state index contributed by atoms with van der Waals surface area (Å²) in [5.74, 6) is -2.30. The summed E-state index contributed by atoms with van der Waals surface area (Å²) in [6.07, 6.45) is 1.58. The zero-order valence-corrected chi connectivity index (χ0v) is 10.9. The lowest BCUT2D eigenvalue weighted by molar-refractivity contribution is -0.143. The van der Waals surface area contributed by atoms with Crippen LogP contribution < -0.4 is 0 Å². The van der Waals surface area contributed by atoms with Crippen LogP contribution in [-0.2, 0) is 9.59 Å². The highest BCUT2D eigenvalue weighted by atomic mass is 16.4. The molecule has 0 saturated heterocycles. The van der Waals surface area contributed by atoms with Crippen molar-refractivity contribution in [3.05, 3.63) is 42.0 Å². The van der Waals surface area contributed by atoms with Crippen LogP contribution in [0.2, 0.25) is 0 Å². The molecule has 3 N–H and O–H groups in total. The number of aliphatic hydroxyl groups excluding tert-OH is 1. The molecule has 0 saturated carbocycles. The molecule has 20 heavy (non-hydrogen) atoms. The number of carboxylic acids is 2. The summed E-state index contributed by atoms with van der Waals surface area (Å²) in [5, 5.41) is 27.3. The van der Waals surface area contributed by atoms with E-state index in [-0.39, 0.29) is 6.61 Å². The molecule has 0 heterocycles. The van der Waals surface area contributed by atoms with Crippen molar-refractivity contribution in [3.63, 3.8) is 0 Å². The normalized spacial score (nSPS) is 12.1. The number of rotatable bonds is 8.